The smallest absolute Gasteiger partial charge is 0.240 e. The molecule has 1 aromatic carbocycles. The van der Waals surface area contributed by atoms with E-state index in [0.29, 0.717) is 30.3 Å². The van der Waals surface area contributed by atoms with E-state index in [0.717, 1.165) is 12.2 Å². The van der Waals surface area contributed by atoms with Crippen molar-refractivity contribution >= 4 is 0 Å². The van der Waals surface area contributed by atoms with Crippen molar-refractivity contribution in [3.8, 4) is 0 Å². The summed E-state index contributed by atoms with van der Waals surface area (Å²) in [6, 6.07) is 9.27. The minimum Gasteiger partial charge on any atom is -0.338 e. The normalized spacial score (nSPS) is 16.0. The van der Waals surface area contributed by atoms with Crippen LogP contribution in [0.2, 0.25) is 0 Å². The number of hydrogen-bond donors (Lipinski definition) is 1. The van der Waals surface area contributed by atoms with Gasteiger partial charge in [-0.25, -0.2) is 0 Å². The number of aromatic nitrogens is 2. The van der Waals surface area contributed by atoms with E-state index in [1.807, 2.05) is 0 Å². The third kappa shape index (κ3) is 4.20. The monoisotopic (exact) mass is 313 g/mol. The lowest BCUT2D eigenvalue weighted by molar-refractivity contribution is 0.335. The number of nitrogens with one attached hydrogen (secondary N) is 1. The van der Waals surface area contributed by atoms with Gasteiger partial charge in [-0.15, -0.1) is 0 Å². The van der Waals surface area contributed by atoms with Gasteiger partial charge in [0.25, 0.3) is 0 Å². The van der Waals surface area contributed by atoms with E-state index in [-0.39, 0.29) is 0 Å². The van der Waals surface area contributed by atoms with Gasteiger partial charge in [-0.3, -0.25) is 0 Å². The molecule has 1 atom stereocenters. The summed E-state index contributed by atoms with van der Waals surface area (Å²) in [4.78, 5) is 4.50. The third-order valence-corrected chi connectivity index (χ3v) is 4.44. The molecule has 1 N–H and O–H groups in total. The lowest BCUT2D eigenvalue weighted by atomic mass is 9.94. The maximum absolute atomic E-state index is 5.36. The Bertz CT molecular complexity index is 614. The SMILES string of the molecule is CCCc1ccc(C(NCc2nc(C3CC3)no2)C(C)C)cc1. The summed E-state index contributed by atoms with van der Waals surface area (Å²) in [5.41, 5.74) is 2.73. The molecule has 1 aliphatic rings. The first-order valence-electron chi connectivity index (χ1n) is 8.82. The highest BCUT2D eigenvalue weighted by Crippen LogP contribution is 2.38. The minimum absolute atomic E-state index is 0.293. The molecule has 4 heteroatoms. The van der Waals surface area contributed by atoms with Crippen LogP contribution in [0.15, 0.2) is 28.8 Å². The zero-order chi connectivity index (χ0) is 16.2. The standard InChI is InChI=1S/C19H27N3O/c1-4-5-14-6-8-15(9-7-14)18(13(2)3)20-12-17-21-19(22-23-17)16-10-11-16/h6-9,13,16,18,20H,4-5,10-12H2,1-3H3. The van der Waals surface area contributed by atoms with E-state index < -0.39 is 0 Å². The van der Waals surface area contributed by atoms with Crippen LogP contribution in [0.3, 0.4) is 0 Å². The topological polar surface area (TPSA) is 51.0 Å². The molecule has 0 saturated heterocycles. The molecule has 2 aromatic rings. The Hall–Kier alpha value is -1.68. The van der Waals surface area contributed by atoms with Gasteiger partial charge in [0.2, 0.25) is 5.89 Å². The lowest BCUT2D eigenvalue weighted by Crippen LogP contribution is -2.25. The second-order valence-electron chi connectivity index (χ2n) is 6.91. The highest BCUT2D eigenvalue weighted by atomic mass is 16.5. The first-order chi connectivity index (χ1) is 11.2. The molecule has 4 nitrogen and oxygen atoms in total. The van der Waals surface area contributed by atoms with Gasteiger partial charge in [-0.1, -0.05) is 56.6 Å². The molecule has 0 radical (unpaired) electrons. The van der Waals surface area contributed by atoms with Gasteiger partial charge in [0.1, 0.15) is 0 Å². The van der Waals surface area contributed by atoms with Gasteiger partial charge >= 0.3 is 0 Å². The van der Waals surface area contributed by atoms with Crippen molar-refractivity contribution in [3.05, 3.63) is 47.1 Å². The lowest BCUT2D eigenvalue weighted by Gasteiger charge is -2.22. The predicted molar refractivity (Wildman–Crippen MR) is 91.1 cm³/mol. The molecule has 124 valence electrons. The van der Waals surface area contributed by atoms with E-state index in [9.17, 15) is 0 Å². The van der Waals surface area contributed by atoms with Crippen molar-refractivity contribution in [1.29, 1.82) is 0 Å². The van der Waals surface area contributed by atoms with Crippen molar-refractivity contribution in [3.63, 3.8) is 0 Å². The van der Waals surface area contributed by atoms with Gasteiger partial charge in [0, 0.05) is 12.0 Å². The number of hydrogen-bond acceptors (Lipinski definition) is 4. The van der Waals surface area contributed by atoms with Crippen LogP contribution in [0.4, 0.5) is 0 Å². The zero-order valence-corrected chi connectivity index (χ0v) is 14.4. The van der Waals surface area contributed by atoms with Crippen molar-refractivity contribution < 1.29 is 4.52 Å². The zero-order valence-electron chi connectivity index (χ0n) is 14.4. The van der Waals surface area contributed by atoms with Crippen LogP contribution in [-0.2, 0) is 13.0 Å². The first-order valence-corrected chi connectivity index (χ1v) is 8.82. The Morgan fingerprint density at radius 1 is 1.22 bits per heavy atom. The van der Waals surface area contributed by atoms with Crippen molar-refractivity contribution in [2.24, 2.45) is 5.92 Å². The molecule has 0 bridgehead atoms. The number of rotatable bonds is 8. The highest BCUT2D eigenvalue weighted by Gasteiger charge is 2.28. The molecule has 0 amide bonds. The fourth-order valence-corrected chi connectivity index (χ4v) is 2.96. The first kappa shape index (κ1) is 16.2. The molecule has 23 heavy (non-hydrogen) atoms. The Labute approximate surface area is 138 Å². The molecule has 1 aromatic heterocycles. The average molecular weight is 313 g/mol. The summed E-state index contributed by atoms with van der Waals surface area (Å²) in [5, 5.41) is 7.66. The Morgan fingerprint density at radius 3 is 2.57 bits per heavy atom. The average Bonchev–Trinajstić information content (AvgIpc) is 3.28. The van der Waals surface area contributed by atoms with E-state index >= 15 is 0 Å². The summed E-state index contributed by atoms with van der Waals surface area (Å²) < 4.78 is 5.36. The number of nitrogens with zero attached hydrogens (tertiary/aromatic N) is 2. The van der Waals surface area contributed by atoms with E-state index in [1.54, 1.807) is 0 Å². The van der Waals surface area contributed by atoms with Crippen molar-refractivity contribution in [2.75, 3.05) is 0 Å². The maximum Gasteiger partial charge on any atom is 0.240 e. The van der Waals surface area contributed by atoms with Crippen LogP contribution in [0.1, 0.15) is 74.8 Å². The molecule has 0 aliphatic heterocycles. The second kappa shape index (κ2) is 7.26. The van der Waals surface area contributed by atoms with Gasteiger partial charge in [-0.2, -0.15) is 4.98 Å². The maximum atomic E-state index is 5.36. The molecule has 1 aliphatic carbocycles. The molecule has 1 saturated carbocycles. The summed E-state index contributed by atoms with van der Waals surface area (Å²) in [6.45, 7) is 7.31. The molecular weight excluding hydrogens is 286 g/mol. The molecule has 1 unspecified atom stereocenters. The van der Waals surface area contributed by atoms with E-state index in [1.165, 1.54) is 30.4 Å². The number of benzene rings is 1. The molecule has 1 fully saturated rings. The summed E-state index contributed by atoms with van der Waals surface area (Å²) in [6.07, 6.45) is 4.73. The largest absolute Gasteiger partial charge is 0.338 e. The molecule has 3 rings (SSSR count). The van der Waals surface area contributed by atoms with Crippen molar-refractivity contribution in [1.82, 2.24) is 15.5 Å². The van der Waals surface area contributed by atoms with Gasteiger partial charge in [0.05, 0.1) is 6.54 Å². The van der Waals surface area contributed by atoms with Crippen LogP contribution in [0.5, 0.6) is 0 Å². The second-order valence-corrected chi connectivity index (χ2v) is 6.91. The van der Waals surface area contributed by atoms with Crippen LogP contribution in [-0.4, -0.2) is 10.1 Å². The fraction of sp³-hybridized carbons (Fsp3) is 0.579. The predicted octanol–water partition coefficient (Wildman–Crippen LogP) is 4.39. The Balaban J connectivity index is 1.63. The van der Waals surface area contributed by atoms with Crippen LogP contribution in [0.25, 0.3) is 0 Å². The molecule has 0 spiro atoms. The highest BCUT2D eigenvalue weighted by molar-refractivity contribution is 5.25. The quantitative estimate of drug-likeness (QED) is 0.785. The molecule has 1 heterocycles. The van der Waals surface area contributed by atoms with Crippen molar-refractivity contribution in [2.45, 2.75) is 65.0 Å². The summed E-state index contributed by atoms with van der Waals surface area (Å²) in [5.74, 6) is 2.62. The fourth-order valence-electron chi connectivity index (χ4n) is 2.96. The Kier molecular flexibility index (Phi) is 5.11. The van der Waals surface area contributed by atoms with E-state index in [2.05, 4.69) is 60.5 Å². The molecular formula is C19H27N3O. The Morgan fingerprint density at radius 2 is 1.96 bits per heavy atom. The van der Waals surface area contributed by atoms with Gasteiger partial charge in [0.15, 0.2) is 5.82 Å². The number of aryl methyl sites for hydroxylation is 1. The minimum atomic E-state index is 0.293. The third-order valence-electron chi connectivity index (χ3n) is 4.44. The summed E-state index contributed by atoms with van der Waals surface area (Å²) in [7, 11) is 0. The van der Waals surface area contributed by atoms with Crippen LogP contribution in [0, 0.1) is 5.92 Å². The summed E-state index contributed by atoms with van der Waals surface area (Å²) >= 11 is 0. The van der Waals surface area contributed by atoms with E-state index in [4.69, 9.17) is 4.52 Å². The van der Waals surface area contributed by atoms with Crippen LogP contribution >= 0.6 is 0 Å². The van der Waals surface area contributed by atoms with Gasteiger partial charge < -0.3 is 9.84 Å². The van der Waals surface area contributed by atoms with Crippen LogP contribution < -0.4 is 5.32 Å². The van der Waals surface area contributed by atoms with Gasteiger partial charge in [-0.05, 0) is 36.3 Å².